The first-order valence-electron chi connectivity index (χ1n) is 7.45. The molecule has 0 aliphatic carbocycles. The summed E-state index contributed by atoms with van der Waals surface area (Å²) < 4.78 is 67.3. The minimum Gasteiger partial charge on any atom is -0.207 e. The minimum atomic E-state index is -4.38. The molecule has 0 amide bonds. The molecule has 0 saturated heterocycles. The number of nitrogens with one attached hydrogen (secondary N) is 1. The molecule has 3 rings (SSSR count). The number of hydrogen-bond acceptors (Lipinski definition) is 2. The third-order valence-electron chi connectivity index (χ3n) is 3.91. The van der Waals surface area contributed by atoms with Crippen LogP contribution < -0.4 is 4.72 Å². The van der Waals surface area contributed by atoms with Crippen molar-refractivity contribution in [2.24, 2.45) is 0 Å². The average Bonchev–Trinajstić information content (AvgIpc) is 2.58. The highest BCUT2D eigenvalue weighted by Crippen LogP contribution is 2.26. The lowest BCUT2D eigenvalue weighted by atomic mass is 10.0. The average molecular weight is 365 g/mol. The maximum atomic E-state index is 13.8. The Hall–Kier alpha value is -2.38. The quantitative estimate of drug-likeness (QED) is 0.701. The maximum Gasteiger partial charge on any atom is 0.244 e. The fraction of sp³-hybridized carbons (Fsp3) is 0.111. The Kier molecular flexibility index (Phi) is 4.53. The highest BCUT2D eigenvalue weighted by molar-refractivity contribution is 7.89. The van der Waals surface area contributed by atoms with Crippen molar-refractivity contribution >= 4 is 20.8 Å². The highest BCUT2D eigenvalue weighted by atomic mass is 32.2. The van der Waals surface area contributed by atoms with Gasteiger partial charge in [0.1, 0.15) is 4.90 Å². The molecule has 1 N–H and O–H groups in total. The predicted octanol–water partition coefficient (Wildman–Crippen LogP) is 4.30. The molecule has 0 aliphatic rings. The van der Waals surface area contributed by atoms with E-state index < -0.39 is 38.4 Å². The van der Waals surface area contributed by atoms with Gasteiger partial charge in [0.2, 0.25) is 10.0 Å². The van der Waals surface area contributed by atoms with Crippen LogP contribution in [-0.4, -0.2) is 8.42 Å². The van der Waals surface area contributed by atoms with Gasteiger partial charge in [0.05, 0.1) is 0 Å². The summed E-state index contributed by atoms with van der Waals surface area (Å²) in [4.78, 5) is -0.932. The molecule has 0 unspecified atom stereocenters. The van der Waals surface area contributed by atoms with Gasteiger partial charge in [-0.15, -0.1) is 0 Å². The van der Waals surface area contributed by atoms with E-state index in [1.807, 2.05) is 30.3 Å². The molecule has 0 aliphatic heterocycles. The van der Waals surface area contributed by atoms with Gasteiger partial charge in [-0.25, -0.2) is 26.3 Å². The fourth-order valence-electron chi connectivity index (χ4n) is 2.70. The van der Waals surface area contributed by atoms with Crippen molar-refractivity contribution in [1.82, 2.24) is 4.72 Å². The van der Waals surface area contributed by atoms with Crippen molar-refractivity contribution in [3.05, 3.63) is 77.6 Å². The third kappa shape index (κ3) is 3.25. The van der Waals surface area contributed by atoms with Gasteiger partial charge in [0.15, 0.2) is 17.5 Å². The summed E-state index contributed by atoms with van der Waals surface area (Å²) in [6.45, 7) is 1.59. The zero-order chi connectivity index (χ0) is 18.2. The Morgan fingerprint density at radius 3 is 2.32 bits per heavy atom. The lowest BCUT2D eigenvalue weighted by Crippen LogP contribution is -2.28. The Labute approximate surface area is 143 Å². The Morgan fingerprint density at radius 2 is 1.56 bits per heavy atom. The van der Waals surface area contributed by atoms with Crippen molar-refractivity contribution in [3.63, 3.8) is 0 Å². The summed E-state index contributed by atoms with van der Waals surface area (Å²) in [6.07, 6.45) is 0. The molecule has 0 bridgehead atoms. The van der Waals surface area contributed by atoms with Crippen LogP contribution in [0.1, 0.15) is 18.5 Å². The largest absolute Gasteiger partial charge is 0.244 e. The van der Waals surface area contributed by atoms with Crippen LogP contribution in [0.15, 0.2) is 59.5 Å². The monoisotopic (exact) mass is 365 g/mol. The van der Waals surface area contributed by atoms with Gasteiger partial charge in [-0.3, -0.25) is 0 Å². The van der Waals surface area contributed by atoms with Gasteiger partial charge >= 0.3 is 0 Å². The summed E-state index contributed by atoms with van der Waals surface area (Å²) in [7, 11) is -4.38. The molecule has 1 atom stereocenters. The van der Waals surface area contributed by atoms with Crippen LogP contribution >= 0.6 is 0 Å². The lowest BCUT2D eigenvalue weighted by Gasteiger charge is -2.17. The second kappa shape index (κ2) is 6.50. The van der Waals surface area contributed by atoms with E-state index in [0.29, 0.717) is 17.7 Å². The molecule has 130 valence electrons. The zero-order valence-corrected chi connectivity index (χ0v) is 13.9. The van der Waals surface area contributed by atoms with Gasteiger partial charge in [-0.1, -0.05) is 42.5 Å². The summed E-state index contributed by atoms with van der Waals surface area (Å²) in [5.41, 5.74) is 0.685. The lowest BCUT2D eigenvalue weighted by molar-refractivity contribution is 0.431. The first kappa shape index (κ1) is 17.4. The molecule has 7 heteroatoms. The van der Waals surface area contributed by atoms with E-state index in [1.54, 1.807) is 19.1 Å². The molecule has 0 fully saturated rings. The van der Waals surface area contributed by atoms with Crippen molar-refractivity contribution < 1.29 is 21.6 Å². The van der Waals surface area contributed by atoms with Crippen LogP contribution in [0.5, 0.6) is 0 Å². The minimum absolute atomic E-state index is 0.579. The molecule has 0 spiro atoms. The molecule has 0 saturated carbocycles. The standard InChI is InChI=1S/C18H14F3NO2S/c1-11(13-8-4-6-12-5-2-3-7-14(12)13)22-25(23,24)16-10-9-15(19)17(20)18(16)21/h2-11,22H,1H3/t11-/m1/s1. The highest BCUT2D eigenvalue weighted by Gasteiger charge is 2.26. The Morgan fingerprint density at radius 1 is 0.880 bits per heavy atom. The van der Waals surface area contributed by atoms with Crippen LogP contribution in [0.2, 0.25) is 0 Å². The topological polar surface area (TPSA) is 46.2 Å². The van der Waals surface area contributed by atoms with E-state index in [4.69, 9.17) is 0 Å². The van der Waals surface area contributed by atoms with Gasteiger partial charge < -0.3 is 0 Å². The summed E-state index contributed by atoms with van der Waals surface area (Å²) in [6, 6.07) is 13.4. The number of halogens is 3. The summed E-state index contributed by atoms with van der Waals surface area (Å²) in [5.74, 6) is -5.00. The molecule has 25 heavy (non-hydrogen) atoms. The normalized spacial score (nSPS) is 13.1. The van der Waals surface area contributed by atoms with Crippen LogP contribution in [-0.2, 0) is 10.0 Å². The molecule has 3 aromatic rings. The SMILES string of the molecule is C[C@@H](NS(=O)(=O)c1ccc(F)c(F)c1F)c1cccc2ccccc12. The summed E-state index contributed by atoms with van der Waals surface area (Å²) in [5, 5.41) is 1.76. The van der Waals surface area contributed by atoms with Crippen LogP contribution in [0.4, 0.5) is 13.2 Å². The van der Waals surface area contributed by atoms with Crippen LogP contribution in [0.25, 0.3) is 10.8 Å². The maximum absolute atomic E-state index is 13.8. The van der Waals surface area contributed by atoms with Crippen molar-refractivity contribution in [1.29, 1.82) is 0 Å². The number of sulfonamides is 1. The first-order chi connectivity index (χ1) is 11.8. The van der Waals surface area contributed by atoms with E-state index in [2.05, 4.69) is 4.72 Å². The molecule has 0 heterocycles. The van der Waals surface area contributed by atoms with Gasteiger partial charge in [0, 0.05) is 6.04 Å². The van der Waals surface area contributed by atoms with Gasteiger partial charge in [-0.05, 0) is 35.4 Å². The second-order valence-electron chi connectivity index (χ2n) is 5.58. The number of fused-ring (bicyclic) bond motifs is 1. The van der Waals surface area contributed by atoms with E-state index in [1.165, 1.54) is 0 Å². The second-order valence-corrected chi connectivity index (χ2v) is 7.27. The molecule has 3 nitrogen and oxygen atoms in total. The molecule has 0 aromatic heterocycles. The molecule has 3 aromatic carbocycles. The number of rotatable bonds is 4. The third-order valence-corrected chi connectivity index (χ3v) is 5.47. The Balaban J connectivity index is 1.99. The number of benzene rings is 3. The van der Waals surface area contributed by atoms with E-state index >= 15 is 0 Å². The predicted molar refractivity (Wildman–Crippen MR) is 89.0 cm³/mol. The first-order valence-corrected chi connectivity index (χ1v) is 8.93. The smallest absolute Gasteiger partial charge is 0.207 e. The van der Waals surface area contributed by atoms with Crippen LogP contribution in [0, 0.1) is 17.5 Å². The van der Waals surface area contributed by atoms with Crippen LogP contribution in [0.3, 0.4) is 0 Å². The van der Waals surface area contributed by atoms with Crippen molar-refractivity contribution in [2.75, 3.05) is 0 Å². The van der Waals surface area contributed by atoms with E-state index in [0.717, 1.165) is 10.8 Å². The zero-order valence-electron chi connectivity index (χ0n) is 13.1. The molecule has 0 radical (unpaired) electrons. The summed E-state index contributed by atoms with van der Waals surface area (Å²) >= 11 is 0. The van der Waals surface area contributed by atoms with E-state index in [-0.39, 0.29) is 0 Å². The Bertz CT molecular complexity index is 1050. The van der Waals surface area contributed by atoms with Crippen molar-refractivity contribution in [3.8, 4) is 0 Å². The molecular formula is C18H14F3NO2S. The van der Waals surface area contributed by atoms with Crippen molar-refractivity contribution in [2.45, 2.75) is 17.9 Å². The molecular weight excluding hydrogens is 351 g/mol. The van der Waals surface area contributed by atoms with Gasteiger partial charge in [0.25, 0.3) is 0 Å². The fourth-order valence-corrected chi connectivity index (χ4v) is 4.00. The number of hydrogen-bond donors (Lipinski definition) is 1. The van der Waals surface area contributed by atoms with Gasteiger partial charge in [-0.2, -0.15) is 0 Å². The van der Waals surface area contributed by atoms with E-state index in [9.17, 15) is 21.6 Å².